The van der Waals surface area contributed by atoms with Crippen molar-refractivity contribution in [3.05, 3.63) is 41.3 Å². The van der Waals surface area contributed by atoms with Crippen LogP contribution in [0.25, 0.3) is 6.08 Å². The molecule has 0 spiro atoms. The highest BCUT2D eigenvalue weighted by Gasteiger charge is 2.31. The Kier molecular flexibility index (Phi) is 5.74. The first-order valence-corrected chi connectivity index (χ1v) is 8.93. The number of rotatable bonds is 5. The van der Waals surface area contributed by atoms with Crippen LogP contribution in [0.5, 0.6) is 0 Å². The monoisotopic (exact) mass is 323 g/mol. The van der Waals surface area contributed by atoms with Crippen LogP contribution in [0.2, 0.25) is 0 Å². The van der Waals surface area contributed by atoms with E-state index in [1.807, 2.05) is 30.3 Å². The van der Waals surface area contributed by atoms with E-state index < -0.39 is 10.0 Å². The van der Waals surface area contributed by atoms with Gasteiger partial charge in [-0.3, -0.25) is 4.79 Å². The van der Waals surface area contributed by atoms with E-state index >= 15 is 0 Å². The molecule has 2 rings (SSSR count). The van der Waals surface area contributed by atoms with Crippen molar-refractivity contribution in [3.8, 4) is 0 Å². The summed E-state index contributed by atoms with van der Waals surface area (Å²) >= 11 is 0. The molecule has 1 aliphatic rings. The Balaban J connectivity index is 2.05. The van der Waals surface area contributed by atoms with Gasteiger partial charge >= 0.3 is 5.97 Å². The summed E-state index contributed by atoms with van der Waals surface area (Å²) in [4.78, 5) is 11.8. The predicted octanol–water partition coefficient (Wildman–Crippen LogP) is 2.26. The molecule has 1 aromatic rings. The van der Waals surface area contributed by atoms with Crippen LogP contribution in [0.4, 0.5) is 0 Å². The fourth-order valence-electron chi connectivity index (χ4n) is 2.44. The molecule has 1 unspecified atom stereocenters. The molecule has 0 bridgehead atoms. The summed E-state index contributed by atoms with van der Waals surface area (Å²) in [7, 11) is -3.52. The summed E-state index contributed by atoms with van der Waals surface area (Å²) in [5, 5.41) is 1.20. The standard InChI is InChI=1S/C16H21NO4S/c1-2-21-16(18)15-9-6-11-17(13-15)22(19,20)12-10-14-7-4-3-5-8-14/h3-5,7-8,10,12,15H,2,6,9,11,13H2,1H3. The van der Waals surface area contributed by atoms with Crippen molar-refractivity contribution in [3.63, 3.8) is 0 Å². The minimum absolute atomic E-state index is 0.195. The zero-order valence-corrected chi connectivity index (χ0v) is 13.5. The number of carbonyl (C=O) groups excluding carboxylic acids is 1. The SMILES string of the molecule is CCOC(=O)C1CCCN(S(=O)(=O)C=Cc2ccccc2)C1. The lowest BCUT2D eigenvalue weighted by molar-refractivity contribution is -0.149. The molecule has 22 heavy (non-hydrogen) atoms. The summed E-state index contributed by atoms with van der Waals surface area (Å²) in [5.41, 5.74) is 0.824. The molecule has 1 aliphatic heterocycles. The van der Waals surface area contributed by atoms with Gasteiger partial charge in [0.25, 0.3) is 0 Å². The van der Waals surface area contributed by atoms with Gasteiger partial charge in [-0.1, -0.05) is 30.3 Å². The van der Waals surface area contributed by atoms with Crippen LogP contribution in [-0.4, -0.2) is 38.4 Å². The zero-order valence-electron chi connectivity index (χ0n) is 12.6. The van der Waals surface area contributed by atoms with Gasteiger partial charge in [0.2, 0.25) is 10.0 Å². The quantitative estimate of drug-likeness (QED) is 0.780. The number of benzene rings is 1. The van der Waals surface area contributed by atoms with Crippen molar-refractivity contribution >= 4 is 22.1 Å². The summed E-state index contributed by atoms with van der Waals surface area (Å²) in [6, 6.07) is 9.25. The number of ether oxygens (including phenoxy) is 1. The second-order valence-corrected chi connectivity index (χ2v) is 7.03. The van der Waals surface area contributed by atoms with Crippen LogP contribution in [0, 0.1) is 5.92 Å². The lowest BCUT2D eigenvalue weighted by atomic mass is 10.0. The molecule has 0 saturated carbocycles. The Morgan fingerprint density at radius 1 is 1.36 bits per heavy atom. The summed E-state index contributed by atoms with van der Waals surface area (Å²) in [6.07, 6.45) is 2.92. The maximum atomic E-state index is 12.4. The average Bonchev–Trinajstić information content (AvgIpc) is 2.54. The molecule has 1 aromatic carbocycles. The third-order valence-electron chi connectivity index (χ3n) is 3.60. The fourth-order valence-corrected chi connectivity index (χ4v) is 3.71. The summed E-state index contributed by atoms with van der Waals surface area (Å²) < 4.78 is 31.1. The van der Waals surface area contributed by atoms with E-state index in [9.17, 15) is 13.2 Å². The lowest BCUT2D eigenvalue weighted by Gasteiger charge is -2.29. The minimum Gasteiger partial charge on any atom is -0.466 e. The first kappa shape index (κ1) is 16.7. The Morgan fingerprint density at radius 2 is 2.09 bits per heavy atom. The van der Waals surface area contributed by atoms with Gasteiger partial charge in [0.15, 0.2) is 0 Å². The third kappa shape index (κ3) is 4.42. The number of esters is 1. The summed E-state index contributed by atoms with van der Waals surface area (Å²) in [6.45, 7) is 2.70. The third-order valence-corrected chi connectivity index (χ3v) is 5.13. The van der Waals surface area contributed by atoms with E-state index in [2.05, 4.69) is 0 Å². The molecule has 0 aromatic heterocycles. The van der Waals surface area contributed by atoms with Crippen molar-refractivity contribution in [1.29, 1.82) is 0 Å². The van der Waals surface area contributed by atoms with Gasteiger partial charge in [-0.2, -0.15) is 4.31 Å². The molecule has 0 amide bonds. The molecule has 0 radical (unpaired) electrons. The number of piperidine rings is 1. The molecule has 1 fully saturated rings. The maximum absolute atomic E-state index is 12.4. The smallest absolute Gasteiger partial charge is 0.310 e. The highest BCUT2D eigenvalue weighted by molar-refractivity contribution is 7.92. The number of sulfonamides is 1. The molecule has 0 N–H and O–H groups in total. The van der Waals surface area contributed by atoms with Crippen LogP contribution in [0.3, 0.4) is 0 Å². The Labute approximate surface area is 131 Å². The highest BCUT2D eigenvalue weighted by Crippen LogP contribution is 2.21. The van der Waals surface area contributed by atoms with E-state index in [-0.39, 0.29) is 18.4 Å². The van der Waals surface area contributed by atoms with E-state index in [4.69, 9.17) is 4.74 Å². The topological polar surface area (TPSA) is 63.7 Å². The molecule has 5 nitrogen and oxygen atoms in total. The van der Waals surface area contributed by atoms with Crippen LogP contribution >= 0.6 is 0 Å². The van der Waals surface area contributed by atoms with Crippen molar-refractivity contribution in [2.45, 2.75) is 19.8 Å². The van der Waals surface area contributed by atoms with Gasteiger partial charge in [-0.05, 0) is 31.4 Å². The van der Waals surface area contributed by atoms with Gasteiger partial charge in [0.05, 0.1) is 12.5 Å². The van der Waals surface area contributed by atoms with E-state index in [0.717, 1.165) is 5.56 Å². The zero-order chi connectivity index (χ0) is 16.0. The van der Waals surface area contributed by atoms with Gasteiger partial charge in [-0.15, -0.1) is 0 Å². The van der Waals surface area contributed by atoms with E-state index in [1.54, 1.807) is 13.0 Å². The van der Waals surface area contributed by atoms with Crippen molar-refractivity contribution in [2.24, 2.45) is 5.92 Å². The average molecular weight is 323 g/mol. The van der Waals surface area contributed by atoms with Crippen LogP contribution in [0.15, 0.2) is 35.7 Å². The first-order chi connectivity index (χ1) is 10.5. The highest BCUT2D eigenvalue weighted by atomic mass is 32.2. The molecular formula is C16H21NO4S. The number of nitrogens with zero attached hydrogens (tertiary/aromatic N) is 1. The van der Waals surface area contributed by atoms with Gasteiger partial charge in [0.1, 0.15) is 0 Å². The molecular weight excluding hydrogens is 302 g/mol. The Hall–Kier alpha value is -1.66. The Morgan fingerprint density at radius 3 is 2.77 bits per heavy atom. The summed E-state index contributed by atoms with van der Waals surface area (Å²) in [5.74, 6) is -0.678. The molecule has 1 atom stereocenters. The molecule has 1 saturated heterocycles. The van der Waals surface area contributed by atoms with Crippen molar-refractivity contribution in [2.75, 3.05) is 19.7 Å². The second-order valence-electron chi connectivity index (χ2n) is 5.21. The molecule has 120 valence electrons. The lowest BCUT2D eigenvalue weighted by Crippen LogP contribution is -2.41. The fraction of sp³-hybridized carbons (Fsp3) is 0.438. The number of hydrogen-bond acceptors (Lipinski definition) is 4. The largest absolute Gasteiger partial charge is 0.466 e. The molecule has 6 heteroatoms. The predicted molar refractivity (Wildman–Crippen MR) is 85.3 cm³/mol. The number of carbonyl (C=O) groups is 1. The van der Waals surface area contributed by atoms with Crippen LogP contribution < -0.4 is 0 Å². The minimum atomic E-state index is -3.52. The van der Waals surface area contributed by atoms with Crippen LogP contribution in [0.1, 0.15) is 25.3 Å². The molecule has 0 aliphatic carbocycles. The maximum Gasteiger partial charge on any atom is 0.310 e. The number of hydrogen-bond donors (Lipinski definition) is 0. The van der Waals surface area contributed by atoms with Crippen molar-refractivity contribution < 1.29 is 17.9 Å². The van der Waals surface area contributed by atoms with Gasteiger partial charge in [-0.25, -0.2) is 8.42 Å². The van der Waals surface area contributed by atoms with Gasteiger partial charge in [0, 0.05) is 18.5 Å². The van der Waals surface area contributed by atoms with E-state index in [1.165, 1.54) is 9.71 Å². The second kappa shape index (κ2) is 7.56. The Bertz CT molecular complexity index is 625. The van der Waals surface area contributed by atoms with E-state index in [0.29, 0.717) is 26.0 Å². The first-order valence-electron chi connectivity index (χ1n) is 7.43. The normalized spacial score (nSPS) is 20.1. The van der Waals surface area contributed by atoms with Crippen molar-refractivity contribution in [1.82, 2.24) is 4.31 Å². The van der Waals surface area contributed by atoms with Gasteiger partial charge < -0.3 is 4.74 Å². The molecule has 1 heterocycles. The van der Waals surface area contributed by atoms with Crippen LogP contribution in [-0.2, 0) is 19.6 Å².